The third-order valence-corrected chi connectivity index (χ3v) is 1.77. The van der Waals surface area contributed by atoms with Crippen molar-refractivity contribution < 1.29 is 0 Å². The summed E-state index contributed by atoms with van der Waals surface area (Å²) in [5, 5.41) is 0. The Morgan fingerprint density at radius 1 is 1.73 bits per heavy atom. The topological polar surface area (TPSA) is 12.9 Å². The van der Waals surface area contributed by atoms with E-state index in [2.05, 4.69) is 24.6 Å². The molecular formula is C10H13N. The first-order chi connectivity index (χ1) is 5.34. The zero-order chi connectivity index (χ0) is 8.10. The summed E-state index contributed by atoms with van der Waals surface area (Å²) in [6, 6.07) is 4.07. The maximum Gasteiger partial charge on any atom is 0.0302 e. The van der Waals surface area contributed by atoms with Crippen LogP contribution in [-0.2, 0) is 0 Å². The maximum absolute atomic E-state index is 4.05. The third kappa shape index (κ3) is 2.19. The Labute approximate surface area is 67.8 Å². The van der Waals surface area contributed by atoms with Gasteiger partial charge in [0.15, 0.2) is 0 Å². The summed E-state index contributed by atoms with van der Waals surface area (Å²) >= 11 is 0. The molecule has 0 spiro atoms. The van der Waals surface area contributed by atoms with Gasteiger partial charge < -0.3 is 0 Å². The number of rotatable bonds is 3. The van der Waals surface area contributed by atoms with Gasteiger partial charge in [0, 0.05) is 12.4 Å². The molecular weight excluding hydrogens is 134 g/mol. The molecule has 1 heterocycles. The van der Waals surface area contributed by atoms with E-state index >= 15 is 0 Å². The molecule has 0 aliphatic heterocycles. The van der Waals surface area contributed by atoms with Gasteiger partial charge in [0.2, 0.25) is 0 Å². The van der Waals surface area contributed by atoms with Crippen LogP contribution in [0.1, 0.15) is 24.8 Å². The highest BCUT2D eigenvalue weighted by atomic mass is 14.6. The normalized spacial score (nSPS) is 12.5. The predicted octanol–water partition coefficient (Wildman–Crippen LogP) is 2.76. The van der Waals surface area contributed by atoms with Crippen LogP contribution in [0.3, 0.4) is 0 Å². The Balaban J connectivity index is 2.68. The molecule has 1 atom stereocenters. The fourth-order valence-electron chi connectivity index (χ4n) is 1.05. The van der Waals surface area contributed by atoms with Crippen LogP contribution in [0.5, 0.6) is 0 Å². The molecule has 0 aliphatic rings. The molecule has 0 fully saturated rings. The second-order valence-corrected chi connectivity index (χ2v) is 2.71. The van der Waals surface area contributed by atoms with Gasteiger partial charge >= 0.3 is 0 Å². The second-order valence-electron chi connectivity index (χ2n) is 2.71. The molecule has 0 saturated carbocycles. The molecule has 0 N–H and O–H groups in total. The summed E-state index contributed by atoms with van der Waals surface area (Å²) in [5.41, 5.74) is 1.28. The van der Waals surface area contributed by atoms with Gasteiger partial charge in [0.25, 0.3) is 0 Å². The highest BCUT2D eigenvalue weighted by Gasteiger charge is 2.00. The Bertz CT molecular complexity index is 216. The van der Waals surface area contributed by atoms with E-state index < -0.39 is 0 Å². The van der Waals surface area contributed by atoms with Crippen LogP contribution in [0.2, 0.25) is 0 Å². The number of hydrogen-bond acceptors (Lipinski definition) is 1. The van der Waals surface area contributed by atoms with Crippen LogP contribution in [0, 0.1) is 0 Å². The first kappa shape index (κ1) is 7.99. The molecule has 0 aromatic carbocycles. The molecule has 11 heavy (non-hydrogen) atoms. The van der Waals surface area contributed by atoms with Gasteiger partial charge in [-0.25, -0.2) is 0 Å². The minimum absolute atomic E-state index is 0.543. The van der Waals surface area contributed by atoms with E-state index in [0.717, 1.165) is 6.42 Å². The molecule has 1 rings (SSSR count). The molecule has 0 bridgehead atoms. The number of pyridine rings is 1. The smallest absolute Gasteiger partial charge is 0.0302 e. The molecule has 0 saturated heterocycles. The van der Waals surface area contributed by atoms with Crippen LogP contribution in [0.25, 0.3) is 0 Å². The predicted molar refractivity (Wildman–Crippen MR) is 47.5 cm³/mol. The lowest BCUT2D eigenvalue weighted by Gasteiger charge is -2.06. The molecule has 0 radical (unpaired) electrons. The van der Waals surface area contributed by atoms with Crippen molar-refractivity contribution in [2.45, 2.75) is 19.3 Å². The molecule has 1 aromatic heterocycles. The van der Waals surface area contributed by atoms with Crippen LogP contribution in [0.15, 0.2) is 37.2 Å². The van der Waals surface area contributed by atoms with Crippen molar-refractivity contribution in [3.63, 3.8) is 0 Å². The summed E-state index contributed by atoms with van der Waals surface area (Å²) in [6.07, 6.45) is 6.67. The highest BCUT2D eigenvalue weighted by Crippen LogP contribution is 2.16. The average molecular weight is 147 g/mol. The average Bonchev–Trinajstić information content (AvgIpc) is 2.07. The molecule has 0 aliphatic carbocycles. The SMILES string of the molecule is C=CC[C@H](C)c1cccnc1. The summed E-state index contributed by atoms with van der Waals surface area (Å²) in [4.78, 5) is 4.05. The van der Waals surface area contributed by atoms with Crippen LogP contribution >= 0.6 is 0 Å². The van der Waals surface area contributed by atoms with Crippen molar-refractivity contribution in [2.75, 3.05) is 0 Å². The minimum atomic E-state index is 0.543. The van der Waals surface area contributed by atoms with Gasteiger partial charge in [-0.2, -0.15) is 0 Å². The van der Waals surface area contributed by atoms with Crippen molar-refractivity contribution in [1.82, 2.24) is 4.98 Å². The lowest BCUT2D eigenvalue weighted by Crippen LogP contribution is -1.91. The molecule has 1 nitrogen and oxygen atoms in total. The van der Waals surface area contributed by atoms with Gasteiger partial charge in [-0.1, -0.05) is 19.1 Å². The van der Waals surface area contributed by atoms with Gasteiger partial charge in [-0.05, 0) is 24.0 Å². The van der Waals surface area contributed by atoms with Crippen molar-refractivity contribution >= 4 is 0 Å². The van der Waals surface area contributed by atoms with E-state index in [9.17, 15) is 0 Å². The number of hydrogen-bond donors (Lipinski definition) is 0. The van der Waals surface area contributed by atoms with E-state index in [1.807, 2.05) is 18.3 Å². The Kier molecular flexibility index (Phi) is 2.84. The van der Waals surface area contributed by atoms with Gasteiger partial charge in [0.1, 0.15) is 0 Å². The second kappa shape index (κ2) is 3.91. The van der Waals surface area contributed by atoms with Gasteiger partial charge in [-0.3, -0.25) is 4.98 Å². The Morgan fingerprint density at radius 2 is 2.55 bits per heavy atom. The van der Waals surface area contributed by atoms with Crippen molar-refractivity contribution in [1.29, 1.82) is 0 Å². The third-order valence-electron chi connectivity index (χ3n) is 1.77. The lowest BCUT2D eigenvalue weighted by atomic mass is 10.0. The standard InChI is InChI=1S/C10H13N/c1-3-5-9(2)10-6-4-7-11-8-10/h3-4,6-9H,1,5H2,2H3/t9-/m0/s1. The highest BCUT2D eigenvalue weighted by molar-refractivity contribution is 5.14. The zero-order valence-electron chi connectivity index (χ0n) is 6.83. The monoisotopic (exact) mass is 147 g/mol. The van der Waals surface area contributed by atoms with Crippen LogP contribution < -0.4 is 0 Å². The molecule has 1 heteroatoms. The molecule has 1 aromatic rings. The quantitative estimate of drug-likeness (QED) is 0.599. The lowest BCUT2D eigenvalue weighted by molar-refractivity contribution is 0.776. The van der Waals surface area contributed by atoms with E-state index in [1.54, 1.807) is 6.20 Å². The Morgan fingerprint density at radius 3 is 3.09 bits per heavy atom. The summed E-state index contributed by atoms with van der Waals surface area (Å²) in [5.74, 6) is 0.543. The molecule has 0 unspecified atom stereocenters. The van der Waals surface area contributed by atoms with Gasteiger partial charge in [0.05, 0.1) is 0 Å². The summed E-state index contributed by atoms with van der Waals surface area (Å²) < 4.78 is 0. The van der Waals surface area contributed by atoms with Crippen LogP contribution in [-0.4, -0.2) is 4.98 Å². The van der Waals surface area contributed by atoms with Gasteiger partial charge in [-0.15, -0.1) is 6.58 Å². The largest absolute Gasteiger partial charge is 0.264 e. The van der Waals surface area contributed by atoms with E-state index in [1.165, 1.54) is 5.56 Å². The molecule has 58 valence electrons. The number of allylic oxidation sites excluding steroid dienone is 1. The van der Waals surface area contributed by atoms with E-state index in [0.29, 0.717) is 5.92 Å². The maximum atomic E-state index is 4.05. The Hall–Kier alpha value is -1.11. The number of aromatic nitrogens is 1. The summed E-state index contributed by atoms with van der Waals surface area (Å²) in [6.45, 7) is 5.89. The number of nitrogens with zero attached hydrogens (tertiary/aromatic N) is 1. The first-order valence-electron chi connectivity index (χ1n) is 3.85. The van der Waals surface area contributed by atoms with Crippen LogP contribution in [0.4, 0.5) is 0 Å². The first-order valence-corrected chi connectivity index (χ1v) is 3.85. The van der Waals surface area contributed by atoms with Crippen molar-refractivity contribution in [3.8, 4) is 0 Å². The fraction of sp³-hybridized carbons (Fsp3) is 0.300. The summed E-state index contributed by atoms with van der Waals surface area (Å²) in [7, 11) is 0. The minimum Gasteiger partial charge on any atom is -0.264 e. The van der Waals surface area contributed by atoms with Crippen molar-refractivity contribution in [2.24, 2.45) is 0 Å². The van der Waals surface area contributed by atoms with E-state index in [-0.39, 0.29) is 0 Å². The van der Waals surface area contributed by atoms with E-state index in [4.69, 9.17) is 0 Å². The fourth-order valence-corrected chi connectivity index (χ4v) is 1.05. The van der Waals surface area contributed by atoms with Crippen molar-refractivity contribution in [3.05, 3.63) is 42.7 Å². The zero-order valence-corrected chi connectivity index (χ0v) is 6.83. The molecule has 0 amide bonds.